The van der Waals surface area contributed by atoms with E-state index in [1.54, 1.807) is 6.92 Å². The van der Waals surface area contributed by atoms with Gasteiger partial charge < -0.3 is 10.1 Å². The molecule has 1 heterocycles. The zero-order valence-electron chi connectivity index (χ0n) is 16.3. The molecule has 0 amide bonds. The van der Waals surface area contributed by atoms with E-state index in [1.165, 1.54) is 24.3 Å². The molecule has 0 radical (unpaired) electrons. The van der Waals surface area contributed by atoms with Crippen LogP contribution in [-0.2, 0) is 32.2 Å². The predicted molar refractivity (Wildman–Crippen MR) is 97.3 cm³/mol. The molecule has 0 spiro atoms. The lowest BCUT2D eigenvalue weighted by atomic mass is 10.1. The number of hydrogen-bond donors (Lipinski definition) is 0. The highest BCUT2D eigenvalue weighted by Crippen LogP contribution is 2.38. The van der Waals surface area contributed by atoms with Gasteiger partial charge in [0.25, 0.3) is 10.1 Å². The molecule has 2 aromatic rings. The summed E-state index contributed by atoms with van der Waals surface area (Å²) in [6.07, 6.45) is -8.25. The lowest BCUT2D eigenvalue weighted by molar-refractivity contribution is -0.392. The van der Waals surface area contributed by atoms with Crippen molar-refractivity contribution in [3.05, 3.63) is 52.0 Å². The minimum atomic E-state index is -5.85. The van der Waals surface area contributed by atoms with Crippen LogP contribution in [0.2, 0.25) is 0 Å². The van der Waals surface area contributed by atoms with E-state index in [4.69, 9.17) is 4.18 Å². The lowest BCUT2D eigenvalue weighted by Gasteiger charge is -2.18. The molecule has 0 atom stereocenters. The third kappa shape index (κ3) is 6.06. The Hall–Kier alpha value is -2.94. The van der Waals surface area contributed by atoms with E-state index in [9.17, 15) is 45.3 Å². The standard InChI is InChI=1S/C17H16F5N3O6S/c1-11-2-4-13(5-3-11)32(29,30)31-10-14-23-8-15(25(27)28)24(14)9-12(26)6-7-16(18,19)17(20,21)22/h2-5,8H,6-7,9-10H2,1H3. The van der Waals surface area contributed by atoms with E-state index in [2.05, 4.69) is 4.98 Å². The largest absolute Gasteiger partial charge is 0.453 e. The number of halogens is 5. The zero-order chi connectivity index (χ0) is 24.3. The number of ketones is 1. The number of aryl methyl sites for hydroxylation is 1. The van der Waals surface area contributed by atoms with Gasteiger partial charge in [0.1, 0.15) is 12.8 Å². The molecule has 9 nitrogen and oxygen atoms in total. The summed E-state index contributed by atoms with van der Waals surface area (Å²) in [4.78, 5) is 25.5. The molecule has 1 aromatic carbocycles. The lowest BCUT2D eigenvalue weighted by Crippen LogP contribution is -2.36. The second-order valence-electron chi connectivity index (χ2n) is 6.65. The molecule has 0 fully saturated rings. The van der Waals surface area contributed by atoms with Gasteiger partial charge in [-0.25, -0.2) is 9.55 Å². The van der Waals surface area contributed by atoms with Crippen LogP contribution in [0.15, 0.2) is 35.4 Å². The summed E-state index contributed by atoms with van der Waals surface area (Å²) in [6, 6.07) is 5.50. The number of rotatable bonds is 10. The molecule has 32 heavy (non-hydrogen) atoms. The normalized spacial score (nSPS) is 12.7. The highest BCUT2D eigenvalue weighted by Gasteiger charge is 2.56. The number of nitrogens with zero attached hydrogens (tertiary/aromatic N) is 3. The van der Waals surface area contributed by atoms with E-state index >= 15 is 0 Å². The summed E-state index contributed by atoms with van der Waals surface area (Å²) < 4.78 is 92.6. The average Bonchev–Trinajstić information content (AvgIpc) is 3.07. The van der Waals surface area contributed by atoms with Gasteiger partial charge in [-0.15, -0.1) is 0 Å². The first-order valence-corrected chi connectivity index (χ1v) is 10.2. The quantitative estimate of drug-likeness (QED) is 0.218. The van der Waals surface area contributed by atoms with Crippen molar-refractivity contribution in [3.8, 4) is 0 Å². The smallest absolute Gasteiger partial charge is 0.358 e. The van der Waals surface area contributed by atoms with Gasteiger partial charge >= 0.3 is 17.9 Å². The highest BCUT2D eigenvalue weighted by molar-refractivity contribution is 7.86. The van der Waals surface area contributed by atoms with Crippen molar-refractivity contribution in [3.63, 3.8) is 0 Å². The van der Waals surface area contributed by atoms with Crippen molar-refractivity contribution in [1.29, 1.82) is 0 Å². The molecule has 2 rings (SSSR count). The number of carbonyl (C=O) groups is 1. The average molecular weight is 485 g/mol. The van der Waals surface area contributed by atoms with E-state index in [0.29, 0.717) is 10.8 Å². The minimum Gasteiger partial charge on any atom is -0.358 e. The van der Waals surface area contributed by atoms with Crippen LogP contribution < -0.4 is 0 Å². The number of benzene rings is 1. The van der Waals surface area contributed by atoms with Crippen LogP contribution in [0.3, 0.4) is 0 Å². The van der Waals surface area contributed by atoms with Crippen LogP contribution >= 0.6 is 0 Å². The molecule has 15 heteroatoms. The Kier molecular flexibility index (Phi) is 7.34. The Labute approximate surface area is 178 Å². The zero-order valence-corrected chi connectivity index (χ0v) is 17.1. The van der Waals surface area contributed by atoms with Crippen LogP contribution in [0.1, 0.15) is 24.2 Å². The maximum atomic E-state index is 13.0. The van der Waals surface area contributed by atoms with Crippen molar-refractivity contribution in [2.24, 2.45) is 0 Å². The van der Waals surface area contributed by atoms with Crippen molar-refractivity contribution in [2.75, 3.05) is 0 Å². The Balaban J connectivity index is 2.16. The molecule has 0 N–H and O–H groups in total. The number of aromatic nitrogens is 2. The van der Waals surface area contributed by atoms with Crippen molar-refractivity contribution in [2.45, 2.75) is 49.9 Å². The van der Waals surface area contributed by atoms with E-state index in [1.807, 2.05) is 0 Å². The van der Waals surface area contributed by atoms with Gasteiger partial charge in [0.05, 0.1) is 4.90 Å². The second-order valence-corrected chi connectivity index (χ2v) is 8.26. The molecule has 1 aromatic heterocycles. The number of hydrogen-bond acceptors (Lipinski definition) is 7. The summed E-state index contributed by atoms with van der Waals surface area (Å²) in [7, 11) is -4.31. The molecule has 0 aliphatic heterocycles. The molecule has 0 saturated carbocycles. The minimum absolute atomic E-state index is 0.221. The van der Waals surface area contributed by atoms with Crippen LogP contribution in [-0.4, -0.2) is 40.8 Å². The first kappa shape index (κ1) is 25.3. The molecule has 176 valence electrons. The van der Waals surface area contributed by atoms with Gasteiger partial charge in [-0.1, -0.05) is 17.7 Å². The van der Waals surface area contributed by atoms with E-state index in [-0.39, 0.29) is 4.90 Å². The SMILES string of the molecule is Cc1ccc(S(=O)(=O)OCc2ncc([N+](=O)[O-])n2CC(=O)CCC(F)(F)C(F)(F)F)cc1. The summed E-state index contributed by atoms with van der Waals surface area (Å²) in [5.41, 5.74) is 0.768. The molecular formula is C17H16F5N3O6S. The Morgan fingerprint density at radius 3 is 2.31 bits per heavy atom. The molecule has 0 bridgehead atoms. The monoisotopic (exact) mass is 485 g/mol. The van der Waals surface area contributed by atoms with Gasteiger partial charge in [-0.3, -0.25) is 8.98 Å². The second kappa shape index (κ2) is 9.28. The molecule has 0 aliphatic rings. The van der Waals surface area contributed by atoms with Gasteiger partial charge in [0.2, 0.25) is 5.82 Å². The first-order valence-electron chi connectivity index (χ1n) is 8.75. The Bertz CT molecular complexity index is 1100. The number of alkyl halides is 5. The predicted octanol–water partition coefficient (Wildman–Crippen LogP) is 3.55. The van der Waals surface area contributed by atoms with Crippen LogP contribution in [0.25, 0.3) is 0 Å². The fourth-order valence-electron chi connectivity index (χ4n) is 2.43. The number of carbonyl (C=O) groups excluding carboxylic acids is 1. The van der Waals surface area contributed by atoms with E-state index in [0.717, 1.165) is 5.56 Å². The van der Waals surface area contributed by atoms with Gasteiger partial charge in [0.15, 0.2) is 12.3 Å². The fraction of sp³-hybridized carbons (Fsp3) is 0.412. The van der Waals surface area contributed by atoms with Crippen molar-refractivity contribution in [1.82, 2.24) is 9.55 Å². The molecule has 0 aliphatic carbocycles. The maximum Gasteiger partial charge on any atom is 0.453 e. The summed E-state index contributed by atoms with van der Waals surface area (Å²) in [6.45, 7) is -0.113. The molecular weight excluding hydrogens is 469 g/mol. The topological polar surface area (TPSA) is 121 Å². The molecule has 0 unspecified atom stereocenters. The third-order valence-electron chi connectivity index (χ3n) is 4.22. The molecule has 0 saturated heterocycles. The van der Waals surface area contributed by atoms with Gasteiger partial charge in [0, 0.05) is 12.8 Å². The van der Waals surface area contributed by atoms with E-state index < -0.39 is 70.6 Å². The number of nitro groups is 1. The van der Waals surface area contributed by atoms with Crippen LogP contribution in [0.5, 0.6) is 0 Å². The third-order valence-corrected chi connectivity index (χ3v) is 5.50. The highest BCUT2D eigenvalue weighted by atomic mass is 32.2. The number of imidazole rings is 1. The summed E-state index contributed by atoms with van der Waals surface area (Å²) in [5, 5.41) is 11.1. The Morgan fingerprint density at radius 1 is 1.19 bits per heavy atom. The van der Waals surface area contributed by atoms with Crippen molar-refractivity contribution < 1.29 is 44.3 Å². The fourth-order valence-corrected chi connectivity index (χ4v) is 3.30. The van der Waals surface area contributed by atoms with Crippen molar-refractivity contribution >= 4 is 21.7 Å². The Morgan fingerprint density at radius 2 is 1.78 bits per heavy atom. The maximum absolute atomic E-state index is 13.0. The number of Topliss-reactive ketones (excluding diaryl/α,β-unsaturated/α-hetero) is 1. The van der Waals surface area contributed by atoms with Gasteiger partial charge in [-0.2, -0.15) is 30.4 Å². The first-order chi connectivity index (χ1) is 14.6. The van der Waals surface area contributed by atoms with Crippen LogP contribution in [0.4, 0.5) is 27.8 Å². The summed E-state index contributed by atoms with van der Waals surface area (Å²) >= 11 is 0. The van der Waals surface area contributed by atoms with Gasteiger partial charge in [-0.05, 0) is 24.0 Å². The summed E-state index contributed by atoms with van der Waals surface area (Å²) in [5.74, 6) is -7.51. The van der Waals surface area contributed by atoms with Crippen LogP contribution in [0, 0.1) is 17.0 Å².